The molecule has 0 N–H and O–H groups in total. The Morgan fingerprint density at radius 1 is 1.03 bits per heavy atom. The Morgan fingerprint density at radius 3 is 2.66 bits per heavy atom. The van der Waals surface area contributed by atoms with Crippen LogP contribution < -0.4 is 5.69 Å². The largest absolute Gasteiger partial charge is 0.465 e. The van der Waals surface area contributed by atoms with E-state index < -0.39 is 5.97 Å². The van der Waals surface area contributed by atoms with Gasteiger partial charge in [0, 0.05) is 11.8 Å². The summed E-state index contributed by atoms with van der Waals surface area (Å²) in [5.41, 5.74) is 4.23. The Kier molecular flexibility index (Phi) is 4.78. The van der Waals surface area contributed by atoms with Crippen molar-refractivity contribution in [1.82, 2.24) is 28.9 Å². The van der Waals surface area contributed by atoms with Gasteiger partial charge in [-0.15, -0.1) is 10.2 Å². The molecule has 0 atom stereocenters. The number of imidazole rings is 1. The molecule has 32 heavy (non-hydrogen) atoms. The highest BCUT2D eigenvalue weighted by molar-refractivity contribution is 5.83. The van der Waals surface area contributed by atoms with Crippen LogP contribution in [0.25, 0.3) is 33.6 Å². The smallest absolute Gasteiger partial charge is 0.335 e. The van der Waals surface area contributed by atoms with Crippen LogP contribution >= 0.6 is 0 Å². The van der Waals surface area contributed by atoms with Crippen molar-refractivity contribution in [2.24, 2.45) is 0 Å². The molecule has 9 heteroatoms. The summed E-state index contributed by atoms with van der Waals surface area (Å²) in [6.07, 6.45) is 3.60. The molecule has 1 aromatic carbocycles. The van der Waals surface area contributed by atoms with E-state index >= 15 is 0 Å². The van der Waals surface area contributed by atoms with Gasteiger partial charge >= 0.3 is 11.7 Å². The lowest BCUT2D eigenvalue weighted by molar-refractivity contribution is -0.143. The number of ether oxygens (including phenoxy) is 1. The summed E-state index contributed by atoms with van der Waals surface area (Å²) in [6.45, 7) is 3.72. The van der Waals surface area contributed by atoms with Crippen molar-refractivity contribution in [3.05, 3.63) is 77.0 Å². The number of para-hydroxylation sites is 1. The lowest BCUT2D eigenvalue weighted by Crippen LogP contribution is -2.27. The predicted octanol–water partition coefficient (Wildman–Crippen LogP) is 2.77. The minimum absolute atomic E-state index is 0.173. The van der Waals surface area contributed by atoms with Crippen LogP contribution in [0.2, 0.25) is 0 Å². The zero-order valence-corrected chi connectivity index (χ0v) is 17.6. The number of nitrogens with zero attached hydrogens (tertiary/aromatic N) is 6. The van der Waals surface area contributed by atoms with Gasteiger partial charge in [-0.2, -0.15) is 5.10 Å². The van der Waals surface area contributed by atoms with Crippen molar-refractivity contribution in [2.75, 3.05) is 6.61 Å². The van der Waals surface area contributed by atoms with Gasteiger partial charge in [0.2, 0.25) is 0 Å². The van der Waals surface area contributed by atoms with E-state index in [1.54, 1.807) is 29.8 Å². The molecule has 0 aliphatic rings. The summed E-state index contributed by atoms with van der Waals surface area (Å²) < 4.78 is 9.70. The van der Waals surface area contributed by atoms with Crippen LogP contribution in [0.5, 0.6) is 0 Å². The third-order valence-corrected chi connectivity index (χ3v) is 5.33. The highest BCUT2D eigenvalue weighted by atomic mass is 16.5. The maximum absolute atomic E-state index is 13.3. The fourth-order valence-corrected chi connectivity index (χ4v) is 3.89. The minimum atomic E-state index is -0.468. The number of aryl methyl sites for hydroxylation is 1. The Hall–Kier alpha value is -4.27. The number of aromatic nitrogens is 6. The van der Waals surface area contributed by atoms with Crippen LogP contribution in [0.3, 0.4) is 0 Å². The quantitative estimate of drug-likeness (QED) is 0.400. The second-order valence-corrected chi connectivity index (χ2v) is 7.32. The zero-order chi connectivity index (χ0) is 22.2. The van der Waals surface area contributed by atoms with Crippen molar-refractivity contribution < 1.29 is 9.53 Å². The number of pyridine rings is 1. The maximum Gasteiger partial charge on any atom is 0.335 e. The Morgan fingerprint density at radius 2 is 1.88 bits per heavy atom. The average Bonchev–Trinajstić information content (AvgIpc) is 3.35. The molecule has 0 bridgehead atoms. The van der Waals surface area contributed by atoms with E-state index in [0.29, 0.717) is 22.5 Å². The molecule has 0 aliphatic heterocycles. The van der Waals surface area contributed by atoms with E-state index in [1.165, 1.54) is 9.13 Å². The molecule has 0 amide bonds. The van der Waals surface area contributed by atoms with E-state index in [9.17, 15) is 9.59 Å². The summed E-state index contributed by atoms with van der Waals surface area (Å²) >= 11 is 0. The average molecular weight is 428 g/mol. The van der Waals surface area contributed by atoms with Gasteiger partial charge in [0.15, 0.2) is 5.82 Å². The van der Waals surface area contributed by atoms with Gasteiger partial charge in [-0.25, -0.2) is 13.9 Å². The molecule has 0 saturated heterocycles. The molecule has 0 spiro atoms. The monoisotopic (exact) mass is 428 g/mol. The van der Waals surface area contributed by atoms with E-state index in [0.717, 1.165) is 16.6 Å². The molecular formula is C23H20N6O3. The van der Waals surface area contributed by atoms with Crippen molar-refractivity contribution in [2.45, 2.75) is 20.4 Å². The highest BCUT2D eigenvalue weighted by Crippen LogP contribution is 2.24. The van der Waals surface area contributed by atoms with Gasteiger partial charge in [0.05, 0.1) is 35.0 Å². The molecule has 0 aliphatic carbocycles. The molecule has 4 aromatic heterocycles. The van der Waals surface area contributed by atoms with Crippen molar-refractivity contribution in [1.29, 1.82) is 0 Å². The summed E-state index contributed by atoms with van der Waals surface area (Å²) in [7, 11) is 0. The van der Waals surface area contributed by atoms with Gasteiger partial charge in [0.1, 0.15) is 6.54 Å². The molecule has 160 valence electrons. The molecular weight excluding hydrogens is 408 g/mol. The van der Waals surface area contributed by atoms with E-state index in [4.69, 9.17) is 4.74 Å². The zero-order valence-electron chi connectivity index (χ0n) is 17.6. The second kappa shape index (κ2) is 7.77. The summed E-state index contributed by atoms with van der Waals surface area (Å²) in [5.74, 6) is -0.0955. The predicted molar refractivity (Wildman–Crippen MR) is 119 cm³/mol. The molecule has 5 aromatic rings. The van der Waals surface area contributed by atoms with E-state index in [1.807, 2.05) is 49.5 Å². The standard InChI is InChI=1S/C23H20N6O3/c1-3-32-21(30)14-27-19-9-6-7-15(2)22(19)29(23(27)31)20-11-10-17(25-26-20)16-13-24-28-12-5-4-8-18(16)28/h4-13H,3,14H2,1-2H3. The molecule has 0 radical (unpaired) electrons. The third-order valence-electron chi connectivity index (χ3n) is 5.33. The first-order valence-corrected chi connectivity index (χ1v) is 10.2. The number of esters is 1. The molecule has 4 heterocycles. The van der Waals surface area contributed by atoms with Crippen molar-refractivity contribution in [3.8, 4) is 17.1 Å². The van der Waals surface area contributed by atoms with Crippen molar-refractivity contribution >= 4 is 22.5 Å². The number of carbonyl (C=O) groups excluding carboxylic acids is 1. The number of carbonyl (C=O) groups is 1. The lowest BCUT2D eigenvalue weighted by atomic mass is 10.2. The van der Waals surface area contributed by atoms with Crippen LogP contribution in [0, 0.1) is 6.92 Å². The van der Waals surface area contributed by atoms with Gasteiger partial charge in [-0.3, -0.25) is 9.36 Å². The number of rotatable bonds is 5. The summed E-state index contributed by atoms with van der Waals surface area (Å²) in [5, 5.41) is 13.0. The third kappa shape index (κ3) is 3.15. The molecule has 9 nitrogen and oxygen atoms in total. The molecule has 5 rings (SSSR count). The van der Waals surface area contributed by atoms with E-state index in [-0.39, 0.29) is 18.8 Å². The normalized spacial score (nSPS) is 11.3. The fraction of sp³-hybridized carbons (Fsp3) is 0.174. The molecule has 0 saturated carbocycles. The fourth-order valence-electron chi connectivity index (χ4n) is 3.89. The first kappa shape index (κ1) is 19.7. The summed E-state index contributed by atoms with van der Waals surface area (Å²) in [6, 6.07) is 14.9. The van der Waals surface area contributed by atoms with Gasteiger partial charge in [0.25, 0.3) is 0 Å². The highest BCUT2D eigenvalue weighted by Gasteiger charge is 2.20. The van der Waals surface area contributed by atoms with Crippen LogP contribution in [0.4, 0.5) is 0 Å². The Bertz CT molecular complexity index is 1510. The SMILES string of the molecule is CCOC(=O)Cn1c(=O)n(-c2ccc(-c3cnn4ccccc34)nn2)c2c(C)cccc21. The molecule has 0 unspecified atom stereocenters. The number of benzene rings is 1. The van der Waals surface area contributed by atoms with Gasteiger partial charge in [-0.05, 0) is 49.7 Å². The number of hydrogen-bond acceptors (Lipinski definition) is 6. The molecule has 0 fully saturated rings. The Labute approximate surface area is 182 Å². The Balaban J connectivity index is 1.63. The maximum atomic E-state index is 13.3. The number of hydrogen-bond donors (Lipinski definition) is 0. The van der Waals surface area contributed by atoms with E-state index in [2.05, 4.69) is 15.3 Å². The topological polar surface area (TPSA) is 96.3 Å². The second-order valence-electron chi connectivity index (χ2n) is 7.32. The lowest BCUT2D eigenvalue weighted by Gasteiger charge is -2.05. The van der Waals surface area contributed by atoms with Crippen LogP contribution in [0.1, 0.15) is 12.5 Å². The first-order valence-electron chi connectivity index (χ1n) is 10.2. The van der Waals surface area contributed by atoms with Crippen LogP contribution in [-0.2, 0) is 16.1 Å². The van der Waals surface area contributed by atoms with Crippen LogP contribution in [0.15, 0.2) is 65.7 Å². The minimum Gasteiger partial charge on any atom is -0.465 e. The number of fused-ring (bicyclic) bond motifs is 2. The van der Waals surface area contributed by atoms with Gasteiger partial charge < -0.3 is 4.74 Å². The van der Waals surface area contributed by atoms with Crippen LogP contribution in [-0.4, -0.2) is 41.5 Å². The first-order chi connectivity index (χ1) is 15.6. The van der Waals surface area contributed by atoms with Gasteiger partial charge in [-0.1, -0.05) is 18.2 Å². The van der Waals surface area contributed by atoms with Crippen molar-refractivity contribution in [3.63, 3.8) is 0 Å². The summed E-state index contributed by atoms with van der Waals surface area (Å²) in [4.78, 5) is 25.4.